The van der Waals surface area contributed by atoms with Crippen LogP contribution in [0, 0.1) is 11.3 Å². The van der Waals surface area contributed by atoms with Crippen LogP contribution in [-0.4, -0.2) is 19.6 Å². The topological polar surface area (TPSA) is 39.1 Å². The first-order valence-electron chi connectivity index (χ1n) is 6.77. The maximum Gasteiger partial charge on any atom is 0.0640 e. The van der Waals surface area contributed by atoms with Crippen molar-refractivity contribution in [3.8, 4) is 6.07 Å². The Balaban J connectivity index is 2.20. The van der Waals surface area contributed by atoms with Crippen LogP contribution in [0.25, 0.3) is 0 Å². The number of halogens is 1. The second-order valence-corrected chi connectivity index (χ2v) is 5.91. The Morgan fingerprint density at radius 2 is 2.26 bits per heavy atom. The lowest BCUT2D eigenvalue weighted by molar-refractivity contribution is 0.651. The number of hydrogen-bond acceptors (Lipinski definition) is 3. The predicted octanol–water partition coefficient (Wildman–Crippen LogP) is 3.61. The Morgan fingerprint density at radius 1 is 1.53 bits per heavy atom. The van der Waals surface area contributed by atoms with E-state index in [2.05, 4.69) is 57.3 Å². The third-order valence-electron chi connectivity index (χ3n) is 3.67. The fourth-order valence-electron chi connectivity index (χ4n) is 2.25. The normalized spacial score (nSPS) is 15.9. The van der Waals surface area contributed by atoms with E-state index in [0.29, 0.717) is 18.5 Å². The van der Waals surface area contributed by atoms with Gasteiger partial charge in [0.1, 0.15) is 0 Å². The molecule has 0 heterocycles. The van der Waals surface area contributed by atoms with E-state index in [4.69, 9.17) is 5.26 Å². The predicted molar refractivity (Wildman–Crippen MR) is 82.2 cm³/mol. The van der Waals surface area contributed by atoms with Gasteiger partial charge in [-0.15, -0.1) is 0 Å². The molecule has 1 aliphatic carbocycles. The van der Waals surface area contributed by atoms with Crippen LogP contribution in [0.3, 0.4) is 0 Å². The van der Waals surface area contributed by atoms with Crippen LogP contribution >= 0.6 is 15.9 Å². The fourth-order valence-corrected chi connectivity index (χ4v) is 2.87. The van der Waals surface area contributed by atoms with Crippen molar-refractivity contribution < 1.29 is 0 Å². The summed E-state index contributed by atoms with van der Waals surface area (Å²) in [7, 11) is 1.97. The molecule has 0 aliphatic heterocycles. The van der Waals surface area contributed by atoms with Crippen LogP contribution < -0.4 is 10.2 Å². The van der Waals surface area contributed by atoms with Crippen LogP contribution in [0.2, 0.25) is 0 Å². The van der Waals surface area contributed by atoms with Gasteiger partial charge in [-0.2, -0.15) is 5.26 Å². The molecule has 3 nitrogen and oxygen atoms in total. The summed E-state index contributed by atoms with van der Waals surface area (Å²) in [4.78, 5) is 2.36. The molecule has 1 aromatic carbocycles. The van der Waals surface area contributed by atoms with Crippen molar-refractivity contribution in [2.24, 2.45) is 0 Å². The van der Waals surface area contributed by atoms with E-state index in [1.165, 1.54) is 24.1 Å². The summed E-state index contributed by atoms with van der Waals surface area (Å²) in [6.45, 7) is 2.97. The molecule has 1 fully saturated rings. The summed E-state index contributed by atoms with van der Waals surface area (Å²) in [6, 6.07) is 9.73. The summed E-state index contributed by atoms with van der Waals surface area (Å²) in [5.41, 5.74) is 2.49. The van der Waals surface area contributed by atoms with Crippen molar-refractivity contribution in [3.63, 3.8) is 0 Å². The lowest BCUT2D eigenvalue weighted by atomic mass is 10.1. The van der Waals surface area contributed by atoms with Gasteiger partial charge >= 0.3 is 0 Å². The van der Waals surface area contributed by atoms with Gasteiger partial charge in [-0.1, -0.05) is 6.07 Å². The Bertz CT molecular complexity index is 477. The summed E-state index contributed by atoms with van der Waals surface area (Å²) < 4.78 is 1.12. The molecular weight excluding hydrogens is 302 g/mol. The molecule has 2 rings (SSSR count). The van der Waals surface area contributed by atoms with Crippen molar-refractivity contribution in [2.45, 2.75) is 38.3 Å². The number of anilines is 1. The number of nitrogens with zero attached hydrogens (tertiary/aromatic N) is 2. The van der Waals surface area contributed by atoms with Crippen LogP contribution in [0.15, 0.2) is 22.7 Å². The van der Waals surface area contributed by atoms with Gasteiger partial charge in [-0.25, -0.2) is 0 Å². The summed E-state index contributed by atoms with van der Waals surface area (Å²) in [6.07, 6.45) is 3.07. The Labute approximate surface area is 123 Å². The highest BCUT2D eigenvalue weighted by Crippen LogP contribution is 2.37. The van der Waals surface area contributed by atoms with E-state index in [1.807, 2.05) is 7.05 Å². The van der Waals surface area contributed by atoms with Gasteiger partial charge in [0, 0.05) is 23.1 Å². The van der Waals surface area contributed by atoms with Crippen molar-refractivity contribution in [2.75, 3.05) is 18.5 Å². The zero-order chi connectivity index (χ0) is 13.8. The number of nitrogens with one attached hydrogen (secondary N) is 1. The molecule has 0 spiro atoms. The first kappa shape index (κ1) is 14.4. The number of nitriles is 1. The molecule has 1 aliphatic rings. The van der Waals surface area contributed by atoms with Crippen molar-refractivity contribution in [1.82, 2.24) is 5.32 Å². The minimum absolute atomic E-state index is 0.346. The average Bonchev–Trinajstić information content (AvgIpc) is 3.24. The smallest absolute Gasteiger partial charge is 0.0640 e. The lowest BCUT2D eigenvalue weighted by Gasteiger charge is -2.25. The van der Waals surface area contributed by atoms with Gasteiger partial charge in [-0.05, 0) is 60.4 Å². The van der Waals surface area contributed by atoms with Gasteiger partial charge in [0.15, 0.2) is 0 Å². The maximum atomic E-state index is 8.79. The molecule has 1 unspecified atom stereocenters. The zero-order valence-corrected chi connectivity index (χ0v) is 13.1. The van der Waals surface area contributed by atoms with E-state index < -0.39 is 0 Å². The minimum atomic E-state index is 0.346. The van der Waals surface area contributed by atoms with Crippen LogP contribution in [-0.2, 0) is 0 Å². The Hall–Kier alpha value is -1.05. The van der Waals surface area contributed by atoms with Crippen LogP contribution in [0.1, 0.15) is 37.8 Å². The molecule has 1 aromatic rings. The van der Waals surface area contributed by atoms with Crippen molar-refractivity contribution >= 4 is 21.6 Å². The summed E-state index contributed by atoms with van der Waals surface area (Å²) in [5, 5.41) is 12.0. The number of rotatable bonds is 6. The van der Waals surface area contributed by atoms with E-state index in [0.717, 1.165) is 11.0 Å². The largest absolute Gasteiger partial charge is 0.367 e. The average molecular weight is 322 g/mol. The number of hydrogen-bond donors (Lipinski definition) is 1. The summed E-state index contributed by atoms with van der Waals surface area (Å²) >= 11 is 3.68. The van der Waals surface area contributed by atoms with Gasteiger partial charge in [0.2, 0.25) is 0 Å². The van der Waals surface area contributed by atoms with E-state index in [1.54, 1.807) is 0 Å². The zero-order valence-electron chi connectivity index (χ0n) is 11.5. The van der Waals surface area contributed by atoms with Crippen molar-refractivity contribution in [1.29, 1.82) is 5.26 Å². The highest BCUT2D eigenvalue weighted by Gasteiger charge is 2.30. The first-order chi connectivity index (χ1) is 9.17. The van der Waals surface area contributed by atoms with Gasteiger partial charge in [-0.3, -0.25) is 0 Å². The third-order valence-corrected chi connectivity index (χ3v) is 4.30. The van der Waals surface area contributed by atoms with Crippen LogP contribution in [0.5, 0.6) is 0 Å². The van der Waals surface area contributed by atoms with Gasteiger partial charge in [0.25, 0.3) is 0 Å². The van der Waals surface area contributed by atoms with Gasteiger partial charge in [0.05, 0.1) is 18.2 Å². The molecule has 0 aromatic heterocycles. The SMILES string of the molecule is CNC(C)c1ccc(N(CCC#N)C2CC2)c(Br)c1. The molecule has 0 radical (unpaired) electrons. The molecule has 4 heteroatoms. The molecule has 19 heavy (non-hydrogen) atoms. The minimum Gasteiger partial charge on any atom is -0.367 e. The third kappa shape index (κ3) is 3.49. The Kier molecular flexibility index (Phi) is 4.84. The molecule has 1 atom stereocenters. The van der Waals surface area contributed by atoms with Crippen molar-refractivity contribution in [3.05, 3.63) is 28.2 Å². The second kappa shape index (κ2) is 6.40. The van der Waals surface area contributed by atoms with E-state index in [9.17, 15) is 0 Å². The lowest BCUT2D eigenvalue weighted by Crippen LogP contribution is -2.27. The monoisotopic (exact) mass is 321 g/mol. The maximum absolute atomic E-state index is 8.79. The first-order valence-corrected chi connectivity index (χ1v) is 7.57. The molecule has 0 saturated heterocycles. The molecule has 0 amide bonds. The highest BCUT2D eigenvalue weighted by molar-refractivity contribution is 9.10. The fraction of sp³-hybridized carbons (Fsp3) is 0.533. The second-order valence-electron chi connectivity index (χ2n) is 5.05. The van der Waals surface area contributed by atoms with E-state index in [-0.39, 0.29) is 0 Å². The molecule has 1 N–H and O–H groups in total. The Morgan fingerprint density at radius 3 is 2.79 bits per heavy atom. The molecule has 102 valence electrons. The van der Waals surface area contributed by atoms with Gasteiger partial charge < -0.3 is 10.2 Å². The standard InChI is InChI=1S/C15H20BrN3/c1-11(18-2)12-4-7-15(14(16)10-12)19(9-3-8-17)13-5-6-13/h4,7,10-11,13,18H,3,5-6,9H2,1-2H3. The number of benzene rings is 1. The van der Waals surface area contributed by atoms with E-state index >= 15 is 0 Å². The van der Waals surface area contributed by atoms with Crippen LogP contribution in [0.4, 0.5) is 5.69 Å². The quantitative estimate of drug-likeness (QED) is 0.869. The molecule has 1 saturated carbocycles. The highest BCUT2D eigenvalue weighted by atomic mass is 79.9. The summed E-state index contributed by atoms with van der Waals surface area (Å²) in [5.74, 6) is 0. The molecule has 0 bridgehead atoms. The molecular formula is C15H20BrN3.